The van der Waals surface area contributed by atoms with Crippen LogP contribution in [0.4, 0.5) is 13.2 Å². The van der Waals surface area contributed by atoms with Crippen LogP contribution in [0.1, 0.15) is 36.8 Å². The predicted molar refractivity (Wildman–Crippen MR) is 91.8 cm³/mol. The number of piperidine rings is 1. The predicted octanol–water partition coefficient (Wildman–Crippen LogP) is 2.87. The Balaban J connectivity index is 1.71. The van der Waals surface area contributed by atoms with Crippen LogP contribution in [0.15, 0.2) is 24.3 Å². The van der Waals surface area contributed by atoms with Gasteiger partial charge < -0.3 is 15.4 Å². The van der Waals surface area contributed by atoms with E-state index in [1.165, 1.54) is 6.07 Å². The molecule has 0 aromatic heterocycles. The first-order valence-corrected chi connectivity index (χ1v) is 8.97. The monoisotopic (exact) mass is 370 g/mol. The fraction of sp³-hybridized carbons (Fsp3) is 0.632. The summed E-state index contributed by atoms with van der Waals surface area (Å²) < 4.78 is 44.3. The standard InChI is InChI=1S/C19H25F3N2O2/c1-26-13-17(7-9-23-10-8-17)12-24-16(25)18(5-6-18)14-3-2-4-15(11-14)19(20,21)22/h2-4,11,23H,5-10,12-13H2,1H3,(H,24,25). The lowest BCUT2D eigenvalue weighted by Crippen LogP contribution is -2.49. The maximum atomic E-state index is 13.0. The summed E-state index contributed by atoms with van der Waals surface area (Å²) in [5.41, 5.74) is -1.18. The summed E-state index contributed by atoms with van der Waals surface area (Å²) in [5.74, 6) is -0.175. The van der Waals surface area contributed by atoms with Crippen LogP contribution >= 0.6 is 0 Å². The molecule has 0 bridgehead atoms. The zero-order valence-electron chi connectivity index (χ0n) is 14.9. The van der Waals surface area contributed by atoms with E-state index in [2.05, 4.69) is 10.6 Å². The number of carbonyl (C=O) groups is 1. The van der Waals surface area contributed by atoms with Gasteiger partial charge in [0.2, 0.25) is 5.91 Å². The number of benzene rings is 1. The van der Waals surface area contributed by atoms with Gasteiger partial charge in [0.1, 0.15) is 0 Å². The van der Waals surface area contributed by atoms with Crippen molar-refractivity contribution in [3.8, 4) is 0 Å². The van der Waals surface area contributed by atoms with Crippen molar-refractivity contribution in [3.63, 3.8) is 0 Å². The van der Waals surface area contributed by atoms with Crippen molar-refractivity contribution in [1.82, 2.24) is 10.6 Å². The lowest BCUT2D eigenvalue weighted by molar-refractivity contribution is -0.137. The first-order chi connectivity index (χ1) is 12.3. The highest BCUT2D eigenvalue weighted by Crippen LogP contribution is 2.49. The zero-order chi connectivity index (χ0) is 18.8. The molecule has 1 saturated heterocycles. The Bertz CT molecular complexity index is 645. The summed E-state index contributed by atoms with van der Waals surface area (Å²) in [4.78, 5) is 12.8. The highest BCUT2D eigenvalue weighted by Gasteiger charge is 2.52. The number of ether oxygens (including phenoxy) is 1. The molecule has 1 saturated carbocycles. The molecule has 1 heterocycles. The minimum Gasteiger partial charge on any atom is -0.384 e. The quantitative estimate of drug-likeness (QED) is 0.810. The molecule has 0 atom stereocenters. The van der Waals surface area contributed by atoms with Gasteiger partial charge in [0, 0.05) is 19.1 Å². The Labute approximate surface area is 151 Å². The molecular weight excluding hydrogens is 345 g/mol. The summed E-state index contributed by atoms with van der Waals surface area (Å²) in [6, 6.07) is 5.16. The lowest BCUT2D eigenvalue weighted by atomic mass is 9.79. The average Bonchev–Trinajstić information content (AvgIpc) is 3.42. The van der Waals surface area contributed by atoms with E-state index in [0.29, 0.717) is 31.6 Å². The highest BCUT2D eigenvalue weighted by molar-refractivity contribution is 5.91. The number of carbonyl (C=O) groups excluding carboxylic acids is 1. The zero-order valence-corrected chi connectivity index (χ0v) is 14.9. The van der Waals surface area contributed by atoms with Crippen LogP contribution in [0.3, 0.4) is 0 Å². The van der Waals surface area contributed by atoms with Gasteiger partial charge in [-0.15, -0.1) is 0 Å². The largest absolute Gasteiger partial charge is 0.416 e. The van der Waals surface area contributed by atoms with Crippen molar-refractivity contribution < 1.29 is 22.7 Å². The number of halogens is 3. The molecule has 0 unspecified atom stereocenters. The van der Waals surface area contributed by atoms with Crippen molar-refractivity contribution in [2.24, 2.45) is 5.41 Å². The Morgan fingerprint density at radius 1 is 1.23 bits per heavy atom. The highest BCUT2D eigenvalue weighted by atomic mass is 19.4. The molecule has 1 aromatic carbocycles. The van der Waals surface area contributed by atoms with Crippen LogP contribution in [0.2, 0.25) is 0 Å². The maximum Gasteiger partial charge on any atom is 0.416 e. The molecule has 0 radical (unpaired) electrons. The van der Waals surface area contributed by atoms with Crippen molar-refractivity contribution >= 4 is 5.91 Å². The molecular formula is C19H25F3N2O2. The first-order valence-electron chi connectivity index (χ1n) is 8.97. The molecule has 1 aromatic rings. The fourth-order valence-electron chi connectivity index (χ4n) is 3.84. The van der Waals surface area contributed by atoms with Gasteiger partial charge in [-0.1, -0.05) is 18.2 Å². The molecule has 2 aliphatic rings. The van der Waals surface area contributed by atoms with Gasteiger partial charge in [-0.25, -0.2) is 0 Å². The Kier molecular flexibility index (Phi) is 5.30. The molecule has 7 heteroatoms. The van der Waals surface area contributed by atoms with E-state index in [-0.39, 0.29) is 11.3 Å². The van der Waals surface area contributed by atoms with Gasteiger partial charge in [-0.2, -0.15) is 13.2 Å². The molecule has 144 valence electrons. The van der Waals surface area contributed by atoms with Crippen LogP contribution in [-0.4, -0.2) is 39.3 Å². The number of methoxy groups -OCH3 is 1. The number of nitrogens with one attached hydrogen (secondary N) is 2. The normalized spacial score (nSPS) is 21.2. The average molecular weight is 370 g/mol. The number of rotatable bonds is 6. The van der Waals surface area contributed by atoms with Crippen LogP contribution in [0, 0.1) is 5.41 Å². The second-order valence-corrected chi connectivity index (χ2v) is 7.53. The number of hydrogen-bond donors (Lipinski definition) is 2. The second-order valence-electron chi connectivity index (χ2n) is 7.53. The maximum absolute atomic E-state index is 13.0. The first kappa shape index (κ1) is 19.2. The summed E-state index contributed by atoms with van der Waals surface area (Å²) in [6.45, 7) is 2.80. The molecule has 0 spiro atoms. The van der Waals surface area contributed by atoms with Gasteiger partial charge in [0.15, 0.2) is 0 Å². The van der Waals surface area contributed by atoms with Crippen LogP contribution in [0.25, 0.3) is 0 Å². The fourth-order valence-corrected chi connectivity index (χ4v) is 3.84. The molecule has 1 amide bonds. The van der Waals surface area contributed by atoms with Crippen LogP contribution < -0.4 is 10.6 Å². The van der Waals surface area contributed by atoms with E-state index >= 15 is 0 Å². The summed E-state index contributed by atoms with van der Waals surface area (Å²) in [6.07, 6.45) is -1.44. The van der Waals surface area contributed by atoms with Crippen LogP contribution in [0.5, 0.6) is 0 Å². The second kappa shape index (κ2) is 7.19. The summed E-state index contributed by atoms with van der Waals surface area (Å²) in [5, 5.41) is 6.31. The Morgan fingerprint density at radius 2 is 1.92 bits per heavy atom. The molecule has 2 N–H and O–H groups in total. The molecule has 2 fully saturated rings. The van der Waals surface area contributed by atoms with E-state index in [0.717, 1.165) is 38.1 Å². The molecule has 1 aliphatic carbocycles. The molecule has 3 rings (SSSR count). The molecule has 4 nitrogen and oxygen atoms in total. The third kappa shape index (κ3) is 3.88. The van der Waals surface area contributed by atoms with Gasteiger partial charge in [-0.05, 0) is 50.4 Å². The van der Waals surface area contributed by atoms with Gasteiger partial charge in [-0.3, -0.25) is 4.79 Å². The van der Waals surface area contributed by atoms with E-state index in [9.17, 15) is 18.0 Å². The topological polar surface area (TPSA) is 50.4 Å². The van der Waals surface area contributed by atoms with Gasteiger partial charge in [0.05, 0.1) is 17.6 Å². The van der Waals surface area contributed by atoms with Crippen LogP contribution in [-0.2, 0) is 21.1 Å². The third-order valence-electron chi connectivity index (χ3n) is 5.67. The van der Waals surface area contributed by atoms with Crippen molar-refractivity contribution in [1.29, 1.82) is 0 Å². The number of amides is 1. The summed E-state index contributed by atoms with van der Waals surface area (Å²) in [7, 11) is 1.65. The smallest absolute Gasteiger partial charge is 0.384 e. The SMILES string of the molecule is COCC1(CNC(=O)C2(c3cccc(C(F)(F)F)c3)CC2)CCNCC1. The summed E-state index contributed by atoms with van der Waals surface area (Å²) >= 11 is 0. The number of alkyl halides is 3. The van der Waals surface area contributed by atoms with Gasteiger partial charge in [0.25, 0.3) is 0 Å². The Morgan fingerprint density at radius 3 is 2.50 bits per heavy atom. The third-order valence-corrected chi connectivity index (χ3v) is 5.67. The van der Waals surface area contributed by atoms with E-state index < -0.39 is 17.2 Å². The minimum absolute atomic E-state index is 0.112. The number of hydrogen-bond acceptors (Lipinski definition) is 3. The van der Waals surface area contributed by atoms with E-state index in [1.54, 1.807) is 13.2 Å². The van der Waals surface area contributed by atoms with E-state index in [4.69, 9.17) is 4.74 Å². The minimum atomic E-state index is -4.40. The Hall–Kier alpha value is -1.60. The van der Waals surface area contributed by atoms with Gasteiger partial charge >= 0.3 is 6.18 Å². The molecule has 1 aliphatic heterocycles. The van der Waals surface area contributed by atoms with Crippen molar-refractivity contribution in [2.45, 2.75) is 37.3 Å². The van der Waals surface area contributed by atoms with E-state index in [1.807, 2.05) is 0 Å². The lowest BCUT2D eigenvalue weighted by Gasteiger charge is -2.37. The van der Waals surface area contributed by atoms with Crippen molar-refractivity contribution in [2.75, 3.05) is 33.4 Å². The molecule has 26 heavy (non-hydrogen) atoms. The van der Waals surface area contributed by atoms with Crippen molar-refractivity contribution in [3.05, 3.63) is 35.4 Å².